The van der Waals surface area contributed by atoms with E-state index in [1.54, 1.807) is 62.4 Å². The molecule has 0 radical (unpaired) electrons. The largest absolute Gasteiger partial charge is 0.458 e. The SMILES string of the molecule is CCC[C@@H]1NC(=O)[C@H](CCCNC(=N)N)NC(=O)[C@H](NC(=O)[C@H](CO)NC(=O)[C@@H](NC(=O)[C@H](NC(=O)[C@@H](CCCNC(=N)N)NC(=O)[C@H](CCCNC(=N)N)NC(=O)[C@@H](NC(=O)[C@@H](Cc2ccccc2)NC)[C@@H](C)CC)[C@H](C)CC)[C@@H](C)CC)[C@H](C)OC(=O)[C@H]([C@@H](C)CC)NC1=O. The molecule has 24 N–H and O–H groups in total. The number of rotatable bonds is 40. The first-order valence-corrected chi connectivity index (χ1v) is 33.7. The molecule has 0 spiro atoms. The lowest BCUT2D eigenvalue weighted by molar-refractivity contribution is -0.157. The molecule has 16 atom stereocenters. The molecule has 0 aromatic heterocycles. The quantitative estimate of drug-likeness (QED) is 0.0138. The van der Waals surface area contributed by atoms with Gasteiger partial charge in [-0.05, 0) is 94.6 Å². The van der Waals surface area contributed by atoms with Gasteiger partial charge in [0.1, 0.15) is 66.5 Å². The van der Waals surface area contributed by atoms with Crippen LogP contribution < -0.4 is 91.6 Å². The minimum Gasteiger partial charge on any atom is -0.458 e. The molecule has 0 unspecified atom stereocenters. The van der Waals surface area contributed by atoms with E-state index in [-0.39, 0.29) is 88.9 Å². The van der Waals surface area contributed by atoms with E-state index >= 15 is 0 Å². The fourth-order valence-electron chi connectivity index (χ4n) is 10.4. The number of nitrogens with one attached hydrogen (secondary N) is 17. The van der Waals surface area contributed by atoms with E-state index in [0.717, 1.165) is 5.56 Å². The number of hydrogen-bond acceptors (Lipinski definition) is 17. The van der Waals surface area contributed by atoms with Gasteiger partial charge in [0.25, 0.3) is 0 Å². The van der Waals surface area contributed by atoms with Crippen LogP contribution in [0.25, 0.3) is 0 Å². The maximum Gasteiger partial charge on any atom is 0.329 e. The van der Waals surface area contributed by atoms with Crippen molar-refractivity contribution in [3.8, 4) is 0 Å². The van der Waals surface area contributed by atoms with E-state index in [1.165, 1.54) is 6.92 Å². The van der Waals surface area contributed by atoms with Crippen LogP contribution in [0, 0.1) is 39.9 Å². The number of benzene rings is 1. The molecule has 0 aliphatic carbocycles. The third-order valence-corrected chi connectivity index (χ3v) is 17.3. The summed E-state index contributed by atoms with van der Waals surface area (Å²) >= 11 is 0. The van der Waals surface area contributed by atoms with Gasteiger partial charge in [-0.2, -0.15) is 0 Å². The van der Waals surface area contributed by atoms with Crippen molar-refractivity contribution in [1.29, 1.82) is 16.2 Å². The number of aliphatic hydroxyl groups excluding tert-OH is 1. The fourth-order valence-corrected chi connectivity index (χ4v) is 10.4. The highest BCUT2D eigenvalue weighted by atomic mass is 16.5. The summed E-state index contributed by atoms with van der Waals surface area (Å²) in [6.07, 6.45) is 1.06. The van der Waals surface area contributed by atoms with E-state index < -0.39 is 168 Å². The van der Waals surface area contributed by atoms with Crippen molar-refractivity contribution in [3.63, 3.8) is 0 Å². The summed E-state index contributed by atoms with van der Waals surface area (Å²) in [5.74, 6) is -12.6. The lowest BCUT2D eigenvalue weighted by Gasteiger charge is -2.32. The normalized spacial score (nSPS) is 20.1. The van der Waals surface area contributed by atoms with Crippen LogP contribution >= 0.6 is 0 Å². The van der Waals surface area contributed by atoms with Crippen molar-refractivity contribution in [3.05, 3.63) is 35.9 Å². The maximum atomic E-state index is 14.7. The summed E-state index contributed by atoms with van der Waals surface area (Å²) in [5.41, 5.74) is 17.4. The zero-order valence-corrected chi connectivity index (χ0v) is 58.2. The first-order valence-electron chi connectivity index (χ1n) is 33.7. The molecule has 1 aromatic rings. The lowest BCUT2D eigenvalue weighted by Crippen LogP contribution is -2.63. The summed E-state index contributed by atoms with van der Waals surface area (Å²) in [7, 11) is 1.62. The molecule has 1 aromatic carbocycles. The number of amides is 10. The van der Waals surface area contributed by atoms with Gasteiger partial charge >= 0.3 is 5.97 Å². The molecule has 33 nitrogen and oxygen atoms in total. The van der Waals surface area contributed by atoms with Gasteiger partial charge in [-0.25, -0.2) is 4.79 Å². The highest BCUT2D eigenvalue weighted by Gasteiger charge is 2.41. The molecule has 97 heavy (non-hydrogen) atoms. The first kappa shape index (κ1) is 84.2. The van der Waals surface area contributed by atoms with Crippen LogP contribution in [0.4, 0.5) is 0 Å². The molecular formula is C64H112N20O13. The lowest BCUT2D eigenvalue weighted by atomic mass is 9.94. The second kappa shape index (κ2) is 44.0. The Morgan fingerprint density at radius 1 is 0.536 bits per heavy atom. The highest BCUT2D eigenvalue weighted by molar-refractivity contribution is 5.99. The number of carbonyl (C=O) groups is 11. The van der Waals surface area contributed by atoms with Gasteiger partial charge in [0.2, 0.25) is 59.1 Å². The van der Waals surface area contributed by atoms with Crippen LogP contribution in [0.15, 0.2) is 30.3 Å². The molecule has 546 valence electrons. The molecule has 0 bridgehead atoms. The minimum absolute atomic E-state index is 0.0450. The Morgan fingerprint density at radius 2 is 0.948 bits per heavy atom. The van der Waals surface area contributed by atoms with Crippen molar-refractivity contribution in [1.82, 2.24) is 74.4 Å². The topological polar surface area (TPSA) is 535 Å². The van der Waals surface area contributed by atoms with Crippen LogP contribution in [0.1, 0.15) is 152 Å². The fraction of sp³-hybridized carbons (Fsp3) is 0.688. The molecule has 0 saturated carbocycles. The van der Waals surface area contributed by atoms with Crippen molar-refractivity contribution in [2.45, 2.75) is 225 Å². The summed E-state index contributed by atoms with van der Waals surface area (Å²) in [4.78, 5) is 157. The molecule has 1 aliphatic rings. The van der Waals surface area contributed by atoms with E-state index in [0.29, 0.717) is 32.1 Å². The van der Waals surface area contributed by atoms with Gasteiger partial charge in [0.05, 0.1) is 12.6 Å². The Hall–Kier alpha value is -8.88. The smallest absolute Gasteiger partial charge is 0.329 e. The van der Waals surface area contributed by atoms with Crippen molar-refractivity contribution < 1.29 is 62.6 Å². The number of aliphatic hydroxyl groups is 1. The summed E-state index contributed by atoms with van der Waals surface area (Å²) < 4.78 is 5.80. The van der Waals surface area contributed by atoms with E-state index in [9.17, 15) is 57.8 Å². The van der Waals surface area contributed by atoms with Gasteiger partial charge in [-0.3, -0.25) is 64.2 Å². The molecule has 2 rings (SSSR count). The number of nitrogens with two attached hydrogens (primary N) is 3. The van der Waals surface area contributed by atoms with Gasteiger partial charge in [-0.1, -0.05) is 125 Å². The number of ether oxygens (including phenoxy) is 1. The van der Waals surface area contributed by atoms with Crippen molar-refractivity contribution in [2.75, 3.05) is 33.3 Å². The van der Waals surface area contributed by atoms with Crippen LogP contribution in [0.2, 0.25) is 0 Å². The summed E-state index contributed by atoms with van der Waals surface area (Å²) in [5, 5.41) is 71.3. The van der Waals surface area contributed by atoms with Gasteiger partial charge in [0.15, 0.2) is 17.9 Å². The molecule has 1 aliphatic heterocycles. The third kappa shape index (κ3) is 29.2. The second-order valence-corrected chi connectivity index (χ2v) is 24.9. The zero-order chi connectivity index (χ0) is 73.1. The predicted octanol–water partition coefficient (Wildman–Crippen LogP) is -2.62. The molecule has 10 amide bonds. The summed E-state index contributed by atoms with van der Waals surface area (Å²) in [6, 6.07) is -5.56. The second-order valence-electron chi connectivity index (χ2n) is 24.9. The van der Waals surface area contributed by atoms with E-state index in [4.69, 9.17) is 38.2 Å². The number of guanidine groups is 3. The van der Waals surface area contributed by atoms with E-state index in [1.807, 2.05) is 37.3 Å². The number of cyclic esters (lactones) is 1. The van der Waals surface area contributed by atoms with E-state index in [2.05, 4.69) is 74.4 Å². The molecule has 1 fully saturated rings. The molecule has 1 saturated heterocycles. The maximum absolute atomic E-state index is 14.7. The number of likely N-dealkylation sites (N-methyl/N-ethyl adjacent to an activating group) is 1. The predicted molar refractivity (Wildman–Crippen MR) is 365 cm³/mol. The monoisotopic (exact) mass is 1370 g/mol. The standard InChI is InChI=1S/C64H112N20O13/c1-12-23-40-53(88)83-49(37(9)16-5)61(96)97-38(10)50(60(95)78-42(51(86)75-40)27-21-30-73-63(67)68)84-56(91)45(33-85)79-58(93)47(35(7)14-3)82-59(94)48(36(8)15-4)80-54(89)43(28-22-31-74-64(69)70)76-52(87)41(26-20-29-72-62(65)66)77-57(92)46(34(6)13-2)81-55(90)44(71-11)32-39-24-18-17-19-25-39/h17-19,24-25,34-38,40-50,71,85H,12-16,20-23,26-33H2,1-11H3,(H,75,86)(H,76,87)(H,77,92)(H,78,95)(H,79,93)(H,80,89)(H,81,90)(H,82,94)(H,83,88)(H,84,91)(H4,65,66,72)(H4,67,68,73)(H4,69,70,74)/t34-,35-,36+,37-,38-,40-,41-,42-,43+,44+,45-,46-,47-,48+,49-,50+/m0/s1. The van der Waals surface area contributed by atoms with Gasteiger partial charge in [-0.15, -0.1) is 0 Å². The van der Waals surface area contributed by atoms with Gasteiger partial charge in [0, 0.05) is 19.6 Å². The van der Waals surface area contributed by atoms with Crippen LogP contribution in [-0.2, 0) is 63.9 Å². The highest BCUT2D eigenvalue weighted by Crippen LogP contribution is 2.18. The zero-order valence-electron chi connectivity index (χ0n) is 58.2. The van der Waals surface area contributed by atoms with Gasteiger partial charge < -0.3 is 101 Å². The molecule has 33 heteroatoms. The number of hydrogen-bond donors (Lipinski definition) is 21. The number of esters is 1. The average molecular weight is 1370 g/mol. The average Bonchev–Trinajstić information content (AvgIpc) is 1.89. The first-order chi connectivity index (χ1) is 45.9. The van der Waals surface area contributed by atoms with Crippen LogP contribution in [0.5, 0.6) is 0 Å². The number of carbonyl (C=O) groups excluding carboxylic acids is 11. The Morgan fingerprint density at radius 3 is 1.40 bits per heavy atom. The van der Waals surface area contributed by atoms with Crippen LogP contribution in [-0.4, -0.2) is 194 Å². The van der Waals surface area contributed by atoms with Crippen LogP contribution in [0.3, 0.4) is 0 Å². The Labute approximate surface area is 569 Å². The third-order valence-electron chi connectivity index (χ3n) is 17.3. The minimum atomic E-state index is -1.84. The Balaban J connectivity index is 2.58. The Kier molecular flexibility index (Phi) is 38.2. The molecule has 1 heterocycles. The summed E-state index contributed by atoms with van der Waals surface area (Å²) in [6.45, 7) is 16.1. The molecular weight excluding hydrogens is 1260 g/mol. The Bertz CT molecular complexity index is 2780. The van der Waals surface area contributed by atoms with Crippen molar-refractivity contribution in [2.24, 2.45) is 40.9 Å². The van der Waals surface area contributed by atoms with Crippen molar-refractivity contribution >= 4 is 82.9 Å².